The van der Waals surface area contributed by atoms with Crippen molar-refractivity contribution in [3.8, 4) is 11.3 Å². The number of aryl methyl sites for hydroxylation is 2. The van der Waals surface area contributed by atoms with E-state index in [0.29, 0.717) is 17.1 Å². The first-order valence-corrected chi connectivity index (χ1v) is 6.01. The number of aliphatic hydroxyl groups excluding tert-OH is 1. The molecule has 19 heavy (non-hydrogen) atoms. The van der Waals surface area contributed by atoms with Crippen molar-refractivity contribution in [2.75, 3.05) is 6.61 Å². The van der Waals surface area contributed by atoms with Crippen LogP contribution in [0.1, 0.15) is 17.1 Å². The number of benzene rings is 1. The van der Waals surface area contributed by atoms with Gasteiger partial charge in [-0.1, -0.05) is 24.3 Å². The molecule has 1 aromatic carbocycles. The number of hydrogen-bond acceptors (Lipinski definition) is 3. The van der Waals surface area contributed by atoms with E-state index in [1.807, 2.05) is 6.92 Å². The molecule has 0 aliphatic carbocycles. The lowest BCUT2D eigenvalue weighted by molar-refractivity contribution is 0.343. The van der Waals surface area contributed by atoms with Crippen LogP contribution in [0.15, 0.2) is 30.3 Å². The largest absolute Gasteiger partial charge is 0.392 e. The lowest BCUT2D eigenvalue weighted by Crippen LogP contribution is -2.00. The van der Waals surface area contributed by atoms with E-state index in [9.17, 15) is 4.39 Å². The summed E-state index contributed by atoms with van der Waals surface area (Å²) in [5.74, 6) is 0.274. The Labute approximate surface area is 111 Å². The van der Waals surface area contributed by atoms with Crippen LogP contribution in [0.5, 0.6) is 0 Å². The van der Waals surface area contributed by atoms with Gasteiger partial charge in [-0.3, -0.25) is 0 Å². The summed E-state index contributed by atoms with van der Waals surface area (Å²) in [6, 6.07) is 6.50. The number of aliphatic hydroxyl groups is 1. The topological polar surface area (TPSA) is 46.0 Å². The molecule has 4 heteroatoms. The Bertz CT molecular complexity index is 624. The average Bonchev–Trinajstić information content (AvgIpc) is 2.37. The van der Waals surface area contributed by atoms with E-state index >= 15 is 0 Å². The van der Waals surface area contributed by atoms with Gasteiger partial charge in [0.25, 0.3) is 0 Å². The zero-order chi connectivity index (χ0) is 13.8. The zero-order valence-electron chi connectivity index (χ0n) is 10.9. The van der Waals surface area contributed by atoms with Crippen molar-refractivity contribution in [2.24, 2.45) is 0 Å². The first-order chi connectivity index (χ1) is 9.13. The summed E-state index contributed by atoms with van der Waals surface area (Å²) in [5.41, 5.74) is 2.47. The fourth-order valence-electron chi connectivity index (χ4n) is 1.95. The Balaban J connectivity index is 2.68. The Hall–Kier alpha value is -2.07. The average molecular weight is 258 g/mol. The lowest BCUT2D eigenvalue weighted by atomic mass is 10.0. The number of halogens is 1. The van der Waals surface area contributed by atoms with Crippen molar-refractivity contribution >= 4 is 6.08 Å². The summed E-state index contributed by atoms with van der Waals surface area (Å²) in [6.45, 7) is 3.54. The molecule has 1 heterocycles. The minimum atomic E-state index is -0.321. The molecule has 0 amide bonds. The van der Waals surface area contributed by atoms with Crippen molar-refractivity contribution in [3.63, 3.8) is 0 Å². The van der Waals surface area contributed by atoms with Crippen LogP contribution in [-0.2, 0) is 0 Å². The Kier molecular flexibility index (Phi) is 4.02. The van der Waals surface area contributed by atoms with Gasteiger partial charge >= 0.3 is 0 Å². The maximum Gasteiger partial charge on any atom is 0.132 e. The fourth-order valence-corrected chi connectivity index (χ4v) is 1.95. The van der Waals surface area contributed by atoms with Gasteiger partial charge in [-0.2, -0.15) is 0 Å². The highest BCUT2D eigenvalue weighted by Crippen LogP contribution is 2.26. The van der Waals surface area contributed by atoms with Crippen LogP contribution < -0.4 is 0 Å². The first kappa shape index (κ1) is 13.4. The van der Waals surface area contributed by atoms with Gasteiger partial charge in [0, 0.05) is 16.8 Å². The number of aromatic nitrogens is 2. The second-order valence-corrected chi connectivity index (χ2v) is 4.18. The standard InChI is InChI=1S/C15H15FN2O/c1-10-12(7-5-9-19)15(18-11(2)17-10)13-6-3-4-8-14(13)16/h3-8,19H,9H2,1-2H3/b7-5+. The molecule has 0 radical (unpaired) electrons. The summed E-state index contributed by atoms with van der Waals surface area (Å²) in [6.07, 6.45) is 3.31. The molecule has 0 spiro atoms. The SMILES string of the molecule is Cc1nc(C)c(/C=C/CO)c(-c2ccccc2F)n1. The van der Waals surface area contributed by atoms with Gasteiger partial charge < -0.3 is 5.11 Å². The monoisotopic (exact) mass is 258 g/mol. The number of nitrogens with zero attached hydrogens (tertiary/aromatic N) is 2. The quantitative estimate of drug-likeness (QED) is 0.920. The molecule has 1 aromatic heterocycles. The van der Waals surface area contributed by atoms with Crippen molar-refractivity contribution in [2.45, 2.75) is 13.8 Å². The van der Waals surface area contributed by atoms with E-state index in [2.05, 4.69) is 9.97 Å². The van der Waals surface area contributed by atoms with Crippen LogP contribution in [0.4, 0.5) is 4.39 Å². The van der Waals surface area contributed by atoms with Crippen LogP contribution >= 0.6 is 0 Å². The van der Waals surface area contributed by atoms with E-state index in [1.165, 1.54) is 6.07 Å². The van der Waals surface area contributed by atoms with Crippen LogP contribution in [0, 0.1) is 19.7 Å². The smallest absolute Gasteiger partial charge is 0.132 e. The molecule has 2 rings (SSSR count). The van der Waals surface area contributed by atoms with Crippen molar-refractivity contribution in [1.29, 1.82) is 0 Å². The van der Waals surface area contributed by atoms with E-state index in [4.69, 9.17) is 5.11 Å². The van der Waals surface area contributed by atoms with Crippen molar-refractivity contribution in [1.82, 2.24) is 9.97 Å². The predicted molar refractivity (Wildman–Crippen MR) is 73.0 cm³/mol. The normalized spacial score (nSPS) is 11.2. The second-order valence-electron chi connectivity index (χ2n) is 4.18. The summed E-state index contributed by atoms with van der Waals surface area (Å²) < 4.78 is 13.9. The lowest BCUT2D eigenvalue weighted by Gasteiger charge is -2.10. The third-order valence-corrected chi connectivity index (χ3v) is 2.77. The molecule has 0 aliphatic heterocycles. The molecule has 3 nitrogen and oxygen atoms in total. The van der Waals surface area contributed by atoms with E-state index in [1.54, 1.807) is 37.3 Å². The minimum Gasteiger partial charge on any atom is -0.392 e. The van der Waals surface area contributed by atoms with Gasteiger partial charge in [-0.15, -0.1) is 0 Å². The summed E-state index contributed by atoms with van der Waals surface area (Å²) in [4.78, 5) is 8.61. The Morgan fingerprint density at radius 1 is 1.21 bits per heavy atom. The van der Waals surface area contributed by atoms with E-state index < -0.39 is 0 Å². The van der Waals surface area contributed by atoms with Gasteiger partial charge in [0.15, 0.2) is 0 Å². The molecule has 0 saturated carbocycles. The van der Waals surface area contributed by atoms with Gasteiger partial charge in [0.1, 0.15) is 11.6 Å². The molecular formula is C15H15FN2O. The molecule has 0 fully saturated rings. The number of rotatable bonds is 3. The molecule has 1 N–H and O–H groups in total. The predicted octanol–water partition coefficient (Wildman–Crippen LogP) is 2.91. The minimum absolute atomic E-state index is 0.0793. The zero-order valence-corrected chi connectivity index (χ0v) is 10.9. The molecule has 98 valence electrons. The van der Waals surface area contributed by atoms with Crippen molar-refractivity contribution in [3.05, 3.63) is 53.2 Å². The fraction of sp³-hybridized carbons (Fsp3) is 0.200. The van der Waals surface area contributed by atoms with Crippen LogP contribution in [0.25, 0.3) is 17.3 Å². The summed E-state index contributed by atoms with van der Waals surface area (Å²) in [7, 11) is 0. The van der Waals surface area contributed by atoms with E-state index in [0.717, 1.165) is 11.3 Å². The Morgan fingerprint density at radius 3 is 2.63 bits per heavy atom. The maximum atomic E-state index is 13.9. The van der Waals surface area contributed by atoms with Crippen LogP contribution in [0.2, 0.25) is 0 Å². The highest BCUT2D eigenvalue weighted by Gasteiger charge is 2.13. The Morgan fingerprint density at radius 2 is 1.95 bits per heavy atom. The maximum absolute atomic E-state index is 13.9. The molecule has 0 atom stereocenters. The molecular weight excluding hydrogens is 243 g/mol. The van der Waals surface area contributed by atoms with Gasteiger partial charge in [-0.05, 0) is 26.0 Å². The highest BCUT2D eigenvalue weighted by molar-refractivity contribution is 5.73. The van der Waals surface area contributed by atoms with Crippen LogP contribution in [-0.4, -0.2) is 21.7 Å². The van der Waals surface area contributed by atoms with E-state index in [-0.39, 0.29) is 12.4 Å². The molecule has 0 saturated heterocycles. The third-order valence-electron chi connectivity index (χ3n) is 2.77. The summed E-state index contributed by atoms with van der Waals surface area (Å²) in [5, 5.41) is 8.89. The number of hydrogen-bond donors (Lipinski definition) is 1. The van der Waals surface area contributed by atoms with Gasteiger partial charge in [0.05, 0.1) is 12.3 Å². The molecule has 0 aliphatic rings. The first-order valence-electron chi connectivity index (χ1n) is 6.01. The molecule has 0 bridgehead atoms. The molecule has 2 aromatic rings. The van der Waals surface area contributed by atoms with Gasteiger partial charge in [0.2, 0.25) is 0 Å². The second kappa shape index (κ2) is 5.71. The van der Waals surface area contributed by atoms with Crippen molar-refractivity contribution < 1.29 is 9.50 Å². The van der Waals surface area contributed by atoms with Crippen LogP contribution in [0.3, 0.4) is 0 Å². The summed E-state index contributed by atoms with van der Waals surface area (Å²) >= 11 is 0. The molecule has 0 unspecified atom stereocenters. The van der Waals surface area contributed by atoms with Gasteiger partial charge in [-0.25, -0.2) is 14.4 Å². The third kappa shape index (κ3) is 2.85. The highest BCUT2D eigenvalue weighted by atomic mass is 19.1.